The normalized spacial score (nSPS) is 19.1. The molecule has 0 spiro atoms. The van der Waals surface area contributed by atoms with E-state index < -0.39 is 35.1 Å². The summed E-state index contributed by atoms with van der Waals surface area (Å²) in [4.78, 5) is 57.1. The molecule has 0 radical (unpaired) electrons. The number of nitrogens with one attached hydrogen (secondary N) is 3. The molecule has 11 nitrogen and oxygen atoms in total. The molecular formula is C35H52FN7O4. The first-order chi connectivity index (χ1) is 22.7. The molecular weight excluding hydrogens is 601 g/mol. The Balaban J connectivity index is 0.00000245. The van der Waals surface area contributed by atoms with Gasteiger partial charge >= 0.3 is 0 Å². The minimum atomic E-state index is -0.832. The number of aromatic nitrogens is 2. The lowest BCUT2D eigenvalue weighted by atomic mass is 9.83. The maximum absolute atomic E-state index is 15.7. The van der Waals surface area contributed by atoms with E-state index in [0.717, 1.165) is 45.2 Å². The average molecular weight is 654 g/mol. The fraction of sp³-hybridized carbons (Fsp3) is 0.629. The average Bonchev–Trinajstić information content (AvgIpc) is 3.76. The largest absolute Gasteiger partial charge is 0.343 e. The van der Waals surface area contributed by atoms with Gasteiger partial charge < -0.3 is 25.8 Å². The molecule has 0 bridgehead atoms. The van der Waals surface area contributed by atoms with Gasteiger partial charge in [0.05, 0.1) is 5.69 Å². The van der Waals surface area contributed by atoms with Crippen LogP contribution >= 0.6 is 0 Å². The zero-order chi connectivity index (χ0) is 34.1. The van der Waals surface area contributed by atoms with Crippen LogP contribution in [-0.4, -0.2) is 88.5 Å². The number of likely N-dealkylation sites (N-methyl/N-ethyl adjacent to an activating group) is 1. The van der Waals surface area contributed by atoms with Gasteiger partial charge in [-0.15, -0.1) is 0 Å². The Hall–Kier alpha value is -3.80. The molecule has 4 amide bonds. The molecule has 1 saturated heterocycles. The van der Waals surface area contributed by atoms with Crippen molar-refractivity contribution in [2.24, 2.45) is 5.92 Å². The number of carbonyl (C=O) groups is 4. The molecule has 2 aromatic rings. The number of hydrogen-bond acceptors (Lipinski definition) is 6. The second-order valence-electron chi connectivity index (χ2n) is 12.7. The molecule has 258 valence electrons. The number of hydrogen-bond donors (Lipinski definition) is 3. The summed E-state index contributed by atoms with van der Waals surface area (Å²) in [6, 6.07) is 4.62. The highest BCUT2D eigenvalue weighted by Crippen LogP contribution is 2.52. The van der Waals surface area contributed by atoms with Crippen LogP contribution < -0.4 is 16.0 Å². The Morgan fingerprint density at radius 3 is 2.26 bits per heavy atom. The van der Waals surface area contributed by atoms with Crippen molar-refractivity contribution >= 4 is 29.3 Å². The number of anilines is 1. The van der Waals surface area contributed by atoms with Crippen LogP contribution in [0.15, 0.2) is 30.5 Å². The zero-order valence-corrected chi connectivity index (χ0v) is 28.6. The summed E-state index contributed by atoms with van der Waals surface area (Å²) in [5.41, 5.74) is 0.280. The standard InChI is InChI=1S/C33H46FN7O4.C2H6/c1-4-27(42)37-29(32(45)40-19-17-39(3)18-20-40)33(14-15-33)23-11-12-25(24(34)21-23)36-31(44)28(22-9-7-6-8-10-22)38-30(43)26-13-16-35-41(26)5-2;1-2/h11-13,16,21-22,28-29H,4-10,14-15,17-20H2,1-3H3,(H,36,44)(H,37,42)(H,38,43);1-2H3. The first kappa shape index (κ1) is 36.0. The smallest absolute Gasteiger partial charge is 0.270 e. The summed E-state index contributed by atoms with van der Waals surface area (Å²) in [7, 11) is 2.01. The lowest BCUT2D eigenvalue weighted by Crippen LogP contribution is -2.58. The summed E-state index contributed by atoms with van der Waals surface area (Å²) in [6.07, 6.45) is 7.65. The number of carbonyl (C=O) groups excluding carboxylic acids is 4. The van der Waals surface area contributed by atoms with Gasteiger partial charge in [0.2, 0.25) is 17.7 Å². The second kappa shape index (κ2) is 16.3. The molecule has 3 N–H and O–H groups in total. The van der Waals surface area contributed by atoms with Gasteiger partial charge in [0.1, 0.15) is 23.6 Å². The summed E-state index contributed by atoms with van der Waals surface area (Å²) < 4.78 is 17.3. The van der Waals surface area contributed by atoms with E-state index in [0.29, 0.717) is 43.7 Å². The number of benzene rings is 1. The lowest BCUT2D eigenvalue weighted by molar-refractivity contribution is -0.138. The number of amides is 4. The molecule has 5 rings (SSSR count). The van der Waals surface area contributed by atoms with Crippen LogP contribution in [0.5, 0.6) is 0 Å². The minimum absolute atomic E-state index is 0.00717. The molecule has 3 aliphatic rings. The van der Waals surface area contributed by atoms with Crippen LogP contribution in [0.2, 0.25) is 0 Å². The third kappa shape index (κ3) is 8.38. The van der Waals surface area contributed by atoms with Gasteiger partial charge in [0.15, 0.2) is 0 Å². The van der Waals surface area contributed by atoms with E-state index in [2.05, 4.69) is 25.9 Å². The third-order valence-corrected chi connectivity index (χ3v) is 9.77. The van der Waals surface area contributed by atoms with Crippen molar-refractivity contribution in [3.63, 3.8) is 0 Å². The Morgan fingerprint density at radius 2 is 1.66 bits per heavy atom. The topological polar surface area (TPSA) is 129 Å². The Morgan fingerprint density at radius 1 is 0.979 bits per heavy atom. The first-order valence-electron chi connectivity index (χ1n) is 17.4. The predicted molar refractivity (Wildman–Crippen MR) is 179 cm³/mol. The van der Waals surface area contributed by atoms with Gasteiger partial charge in [-0.2, -0.15) is 5.10 Å². The maximum Gasteiger partial charge on any atom is 0.270 e. The summed E-state index contributed by atoms with van der Waals surface area (Å²) in [5.74, 6) is -1.92. The SMILES string of the molecule is CC.CCC(=O)NC(C(=O)N1CCN(C)CC1)C1(c2ccc(NC(=O)C(NC(=O)c3ccnn3CC)C3CCCCC3)c(F)c2)CC1. The van der Waals surface area contributed by atoms with Gasteiger partial charge in [-0.1, -0.05) is 46.1 Å². The van der Waals surface area contributed by atoms with Crippen molar-refractivity contribution in [2.75, 3.05) is 38.5 Å². The van der Waals surface area contributed by atoms with Gasteiger partial charge in [0.25, 0.3) is 5.91 Å². The van der Waals surface area contributed by atoms with Crippen LogP contribution in [0.3, 0.4) is 0 Å². The van der Waals surface area contributed by atoms with Gasteiger partial charge in [-0.3, -0.25) is 23.9 Å². The highest BCUT2D eigenvalue weighted by Gasteiger charge is 2.55. The zero-order valence-electron chi connectivity index (χ0n) is 28.6. The van der Waals surface area contributed by atoms with E-state index in [9.17, 15) is 19.2 Å². The Bertz CT molecular complexity index is 1390. The molecule has 1 aliphatic heterocycles. The first-order valence-corrected chi connectivity index (χ1v) is 17.4. The maximum atomic E-state index is 15.7. The quantitative estimate of drug-likeness (QED) is 0.335. The minimum Gasteiger partial charge on any atom is -0.343 e. The van der Waals surface area contributed by atoms with Crippen molar-refractivity contribution in [3.8, 4) is 0 Å². The van der Waals surface area contributed by atoms with Crippen molar-refractivity contribution in [1.82, 2.24) is 30.2 Å². The molecule has 1 aromatic carbocycles. The number of rotatable bonds is 11. The van der Waals surface area contributed by atoms with Crippen LogP contribution in [0.25, 0.3) is 0 Å². The highest BCUT2D eigenvalue weighted by atomic mass is 19.1. The number of piperazine rings is 1. The fourth-order valence-electron chi connectivity index (χ4n) is 6.78. The summed E-state index contributed by atoms with van der Waals surface area (Å²) >= 11 is 0. The van der Waals surface area contributed by atoms with Gasteiger partial charge in [-0.05, 0) is 69.3 Å². The molecule has 1 aromatic heterocycles. The van der Waals surface area contributed by atoms with E-state index in [1.807, 2.05) is 27.8 Å². The molecule has 47 heavy (non-hydrogen) atoms. The molecule has 12 heteroatoms. The number of aryl methyl sites for hydroxylation is 1. The Kier molecular flexibility index (Phi) is 12.5. The number of halogens is 1. The highest BCUT2D eigenvalue weighted by molar-refractivity contribution is 6.00. The van der Waals surface area contributed by atoms with Crippen LogP contribution in [0.1, 0.15) is 95.1 Å². The third-order valence-electron chi connectivity index (χ3n) is 9.77. The molecule has 2 atom stereocenters. The monoisotopic (exact) mass is 653 g/mol. The van der Waals surface area contributed by atoms with Gasteiger partial charge in [0, 0.05) is 50.8 Å². The second-order valence-corrected chi connectivity index (χ2v) is 12.7. The van der Waals surface area contributed by atoms with E-state index >= 15 is 4.39 Å². The van der Waals surface area contributed by atoms with Crippen molar-refractivity contribution in [2.45, 2.75) is 103 Å². The van der Waals surface area contributed by atoms with Gasteiger partial charge in [-0.25, -0.2) is 4.39 Å². The predicted octanol–water partition coefficient (Wildman–Crippen LogP) is 4.09. The lowest BCUT2D eigenvalue weighted by Gasteiger charge is -2.37. The van der Waals surface area contributed by atoms with Crippen molar-refractivity contribution < 1.29 is 23.6 Å². The molecule has 2 heterocycles. The Labute approximate surface area is 278 Å². The molecule has 2 unspecified atom stereocenters. The summed E-state index contributed by atoms with van der Waals surface area (Å²) in [6.45, 7) is 10.8. The van der Waals surface area contributed by atoms with E-state index in [-0.39, 0.29) is 29.8 Å². The van der Waals surface area contributed by atoms with E-state index in [1.165, 1.54) is 12.1 Å². The van der Waals surface area contributed by atoms with Crippen LogP contribution in [0, 0.1) is 11.7 Å². The van der Waals surface area contributed by atoms with Crippen molar-refractivity contribution in [1.29, 1.82) is 0 Å². The number of nitrogens with zero attached hydrogens (tertiary/aromatic N) is 4. The van der Waals surface area contributed by atoms with Crippen LogP contribution in [0.4, 0.5) is 10.1 Å². The molecule has 3 fully saturated rings. The molecule has 2 aliphatic carbocycles. The fourth-order valence-corrected chi connectivity index (χ4v) is 6.78. The van der Waals surface area contributed by atoms with E-state index in [1.54, 1.807) is 34.8 Å². The van der Waals surface area contributed by atoms with Crippen LogP contribution in [-0.2, 0) is 26.3 Å². The molecule has 2 saturated carbocycles. The summed E-state index contributed by atoms with van der Waals surface area (Å²) in [5, 5.41) is 12.8. The van der Waals surface area contributed by atoms with E-state index in [4.69, 9.17) is 0 Å². The van der Waals surface area contributed by atoms with Crippen molar-refractivity contribution in [3.05, 3.63) is 47.5 Å².